The molecule has 0 radical (unpaired) electrons. The Morgan fingerprint density at radius 3 is 2.42 bits per heavy atom. The first-order valence-corrected chi connectivity index (χ1v) is 8.20. The van der Waals surface area contributed by atoms with Gasteiger partial charge in [0.25, 0.3) is 5.91 Å². The van der Waals surface area contributed by atoms with E-state index < -0.39 is 5.97 Å². The van der Waals surface area contributed by atoms with Crippen LogP contribution < -0.4 is 5.32 Å². The maximum absolute atomic E-state index is 12.1. The molecule has 0 atom stereocenters. The predicted octanol–water partition coefficient (Wildman–Crippen LogP) is 4.59. The van der Waals surface area contributed by atoms with Gasteiger partial charge in [-0.25, -0.2) is 4.79 Å². The minimum Gasteiger partial charge on any atom is -0.478 e. The molecule has 0 fully saturated rings. The van der Waals surface area contributed by atoms with E-state index in [1.54, 1.807) is 19.1 Å². The van der Waals surface area contributed by atoms with Crippen molar-refractivity contribution >= 4 is 71.4 Å². The third-order valence-corrected chi connectivity index (χ3v) is 5.52. The van der Waals surface area contributed by atoms with Gasteiger partial charge in [0.15, 0.2) is 0 Å². The Kier molecular flexibility index (Phi) is 4.44. The molecule has 0 unspecified atom stereocenters. The van der Waals surface area contributed by atoms with Gasteiger partial charge in [-0.15, -0.1) is 22.7 Å². The van der Waals surface area contributed by atoms with Crippen molar-refractivity contribution in [1.29, 1.82) is 0 Å². The molecule has 8 heteroatoms. The molecule has 100 valence electrons. The van der Waals surface area contributed by atoms with Crippen molar-refractivity contribution in [3.05, 3.63) is 35.7 Å². The number of hydrogen-bond donors (Lipinski definition) is 2. The quantitative estimate of drug-likeness (QED) is 0.756. The molecule has 4 nitrogen and oxygen atoms in total. The van der Waals surface area contributed by atoms with Gasteiger partial charge in [-0.3, -0.25) is 4.79 Å². The number of halogens is 2. The smallest absolute Gasteiger partial charge is 0.338 e. The van der Waals surface area contributed by atoms with Gasteiger partial charge in [0.2, 0.25) is 0 Å². The topological polar surface area (TPSA) is 66.4 Å². The lowest BCUT2D eigenvalue weighted by Crippen LogP contribution is -2.12. The maximum Gasteiger partial charge on any atom is 0.338 e. The van der Waals surface area contributed by atoms with Gasteiger partial charge in [-0.1, -0.05) is 0 Å². The molecule has 0 aliphatic heterocycles. The standard InChI is InChI=1S/C11H7Br2NO3S2/c1-4-2-6(11(16)17)10(18-4)14-9(15)5-3-7(12)19-8(5)13/h2-3H,1H3,(H,14,15)(H,16,17). The predicted molar refractivity (Wildman–Crippen MR) is 83.7 cm³/mol. The van der Waals surface area contributed by atoms with Crippen LogP contribution in [0.4, 0.5) is 5.00 Å². The van der Waals surface area contributed by atoms with Crippen LogP contribution in [0.15, 0.2) is 19.7 Å². The number of carbonyl (C=O) groups is 2. The van der Waals surface area contributed by atoms with Crippen molar-refractivity contribution in [3.8, 4) is 0 Å². The van der Waals surface area contributed by atoms with E-state index in [2.05, 4.69) is 37.2 Å². The van der Waals surface area contributed by atoms with Gasteiger partial charge in [-0.05, 0) is 50.9 Å². The molecule has 0 saturated heterocycles. The highest BCUT2D eigenvalue weighted by atomic mass is 79.9. The fourth-order valence-electron chi connectivity index (χ4n) is 1.43. The van der Waals surface area contributed by atoms with E-state index in [1.807, 2.05) is 0 Å². The molecule has 2 aromatic rings. The average molecular weight is 425 g/mol. The molecule has 2 heterocycles. The molecule has 0 aliphatic rings. The molecule has 2 rings (SSSR count). The Hall–Kier alpha value is -0.700. The van der Waals surface area contributed by atoms with E-state index in [1.165, 1.54) is 22.7 Å². The largest absolute Gasteiger partial charge is 0.478 e. The molecule has 0 bridgehead atoms. The summed E-state index contributed by atoms with van der Waals surface area (Å²) in [5, 5.41) is 12.1. The lowest BCUT2D eigenvalue weighted by molar-refractivity contribution is 0.0698. The van der Waals surface area contributed by atoms with Crippen molar-refractivity contribution < 1.29 is 14.7 Å². The number of carboxylic acid groups (broad SMARTS) is 1. The molecule has 1 amide bonds. The van der Waals surface area contributed by atoms with E-state index in [-0.39, 0.29) is 11.5 Å². The Bertz CT molecular complexity index is 663. The third kappa shape index (κ3) is 3.25. The molecule has 0 aliphatic carbocycles. The highest BCUT2D eigenvalue weighted by molar-refractivity contribution is 9.12. The Balaban J connectivity index is 2.29. The van der Waals surface area contributed by atoms with Crippen LogP contribution in [0.5, 0.6) is 0 Å². The van der Waals surface area contributed by atoms with E-state index in [9.17, 15) is 9.59 Å². The highest BCUT2D eigenvalue weighted by Gasteiger charge is 2.19. The van der Waals surface area contributed by atoms with Crippen molar-refractivity contribution in [2.45, 2.75) is 6.92 Å². The van der Waals surface area contributed by atoms with Crippen LogP contribution >= 0.6 is 54.5 Å². The number of hydrogen-bond acceptors (Lipinski definition) is 4. The monoisotopic (exact) mass is 423 g/mol. The highest BCUT2D eigenvalue weighted by Crippen LogP contribution is 2.33. The first-order chi connectivity index (χ1) is 8.88. The Morgan fingerprint density at radius 2 is 1.89 bits per heavy atom. The molecule has 2 N–H and O–H groups in total. The number of amides is 1. The number of carbonyl (C=O) groups excluding carboxylic acids is 1. The number of aryl methyl sites for hydroxylation is 1. The van der Waals surface area contributed by atoms with Crippen molar-refractivity contribution in [3.63, 3.8) is 0 Å². The zero-order valence-corrected chi connectivity index (χ0v) is 14.3. The summed E-state index contributed by atoms with van der Waals surface area (Å²) in [6.45, 7) is 1.80. The van der Waals surface area contributed by atoms with E-state index in [4.69, 9.17) is 5.11 Å². The van der Waals surface area contributed by atoms with Crippen molar-refractivity contribution in [2.24, 2.45) is 0 Å². The number of anilines is 1. The normalized spacial score (nSPS) is 10.5. The summed E-state index contributed by atoms with van der Waals surface area (Å²) < 4.78 is 1.52. The van der Waals surface area contributed by atoms with Gasteiger partial charge < -0.3 is 10.4 Å². The fourth-order valence-corrected chi connectivity index (χ4v) is 5.12. The first kappa shape index (κ1) is 14.7. The van der Waals surface area contributed by atoms with Crippen LogP contribution in [-0.4, -0.2) is 17.0 Å². The molecule has 19 heavy (non-hydrogen) atoms. The lowest BCUT2D eigenvalue weighted by Gasteiger charge is -2.02. The maximum atomic E-state index is 12.1. The van der Waals surface area contributed by atoms with Gasteiger partial charge in [0, 0.05) is 4.88 Å². The summed E-state index contributed by atoms with van der Waals surface area (Å²) >= 11 is 9.22. The fraction of sp³-hybridized carbons (Fsp3) is 0.0909. The lowest BCUT2D eigenvalue weighted by atomic mass is 10.3. The van der Waals surface area contributed by atoms with Crippen LogP contribution in [-0.2, 0) is 0 Å². The summed E-state index contributed by atoms with van der Waals surface area (Å²) in [6, 6.07) is 3.23. The number of carboxylic acids is 1. The first-order valence-electron chi connectivity index (χ1n) is 4.98. The zero-order valence-electron chi connectivity index (χ0n) is 9.49. The summed E-state index contributed by atoms with van der Waals surface area (Å²) in [4.78, 5) is 24.0. The number of aromatic carboxylic acids is 1. The van der Waals surface area contributed by atoms with E-state index >= 15 is 0 Å². The molecule has 0 spiro atoms. The van der Waals surface area contributed by atoms with Gasteiger partial charge in [0.05, 0.1) is 18.7 Å². The summed E-state index contributed by atoms with van der Waals surface area (Å²) in [7, 11) is 0. The number of thiophene rings is 2. The van der Waals surface area contributed by atoms with Crippen molar-refractivity contribution in [1.82, 2.24) is 0 Å². The second kappa shape index (κ2) is 5.74. The van der Waals surface area contributed by atoms with Gasteiger partial charge >= 0.3 is 5.97 Å². The SMILES string of the molecule is Cc1cc(C(=O)O)c(NC(=O)c2cc(Br)sc2Br)s1. The minimum atomic E-state index is -1.05. The number of nitrogens with one attached hydrogen (secondary N) is 1. The number of rotatable bonds is 3. The Labute approximate surface area is 133 Å². The molecule has 0 saturated carbocycles. The summed E-state index contributed by atoms with van der Waals surface area (Å²) in [5.74, 6) is -1.39. The molecular weight excluding hydrogens is 418 g/mol. The van der Waals surface area contributed by atoms with Crippen LogP contribution in [0.25, 0.3) is 0 Å². The van der Waals surface area contributed by atoms with Crippen LogP contribution in [0.3, 0.4) is 0 Å². The van der Waals surface area contributed by atoms with Crippen LogP contribution in [0.2, 0.25) is 0 Å². The minimum absolute atomic E-state index is 0.112. The summed E-state index contributed by atoms with van der Waals surface area (Å²) in [5.41, 5.74) is 0.584. The second-order valence-corrected chi connectivity index (χ2v) is 8.60. The van der Waals surface area contributed by atoms with Crippen LogP contribution in [0, 0.1) is 6.92 Å². The Morgan fingerprint density at radius 1 is 1.21 bits per heavy atom. The van der Waals surface area contributed by atoms with E-state index in [0.29, 0.717) is 14.4 Å². The van der Waals surface area contributed by atoms with Gasteiger partial charge in [-0.2, -0.15) is 0 Å². The van der Waals surface area contributed by atoms with Crippen LogP contribution in [0.1, 0.15) is 25.6 Å². The second-order valence-electron chi connectivity index (χ2n) is 3.60. The van der Waals surface area contributed by atoms with E-state index in [0.717, 1.165) is 8.66 Å². The molecule has 0 aromatic carbocycles. The zero-order chi connectivity index (χ0) is 14.2. The summed E-state index contributed by atoms with van der Waals surface area (Å²) in [6.07, 6.45) is 0. The van der Waals surface area contributed by atoms with Gasteiger partial charge in [0.1, 0.15) is 5.00 Å². The van der Waals surface area contributed by atoms with Crippen molar-refractivity contribution in [2.75, 3.05) is 5.32 Å². The molecule has 2 aromatic heterocycles. The third-order valence-electron chi connectivity index (χ3n) is 2.21. The average Bonchev–Trinajstić information content (AvgIpc) is 2.81. The molecular formula is C11H7Br2NO3S2.